The molecule has 0 aromatic rings. The highest BCUT2D eigenvalue weighted by atomic mass is 16.5. The van der Waals surface area contributed by atoms with E-state index >= 15 is 0 Å². The number of hydrogen-bond acceptors (Lipinski definition) is 2. The van der Waals surface area contributed by atoms with Crippen molar-refractivity contribution >= 4 is 6.03 Å². The Hall–Kier alpha value is -0.770. The highest BCUT2D eigenvalue weighted by Gasteiger charge is 2.22. The fourth-order valence-electron chi connectivity index (χ4n) is 2.22. The van der Waals surface area contributed by atoms with E-state index in [1.54, 1.807) is 0 Å². The minimum atomic E-state index is 0.222. The monoisotopic (exact) mass is 212 g/mol. The summed E-state index contributed by atoms with van der Waals surface area (Å²) in [6, 6.07) is 0.222. The van der Waals surface area contributed by atoms with Crippen LogP contribution in [0.4, 0.5) is 4.79 Å². The molecule has 4 nitrogen and oxygen atoms in total. The molecule has 0 atom stereocenters. The maximum Gasteiger partial charge on any atom is 0.320 e. The molecular weight excluding hydrogens is 192 g/mol. The lowest BCUT2D eigenvalue weighted by atomic mass is 10.1. The van der Waals surface area contributed by atoms with Crippen LogP contribution in [0.1, 0.15) is 25.7 Å². The van der Waals surface area contributed by atoms with Gasteiger partial charge in [0.25, 0.3) is 0 Å². The van der Waals surface area contributed by atoms with Gasteiger partial charge in [-0.2, -0.15) is 0 Å². The van der Waals surface area contributed by atoms with Crippen LogP contribution in [0.5, 0.6) is 0 Å². The molecule has 2 amide bonds. The number of urea groups is 1. The SMILES string of the molecule is O=C(N1CCCCC1)N1CCCOCC1. The Morgan fingerprint density at radius 1 is 0.800 bits per heavy atom. The molecular formula is C11H20N2O2. The molecule has 0 N–H and O–H groups in total. The lowest BCUT2D eigenvalue weighted by molar-refractivity contribution is 0.127. The predicted molar refractivity (Wildman–Crippen MR) is 57.8 cm³/mol. The van der Waals surface area contributed by atoms with E-state index in [0.29, 0.717) is 6.61 Å². The van der Waals surface area contributed by atoms with Crippen molar-refractivity contribution in [2.75, 3.05) is 39.4 Å². The maximum absolute atomic E-state index is 12.1. The highest BCUT2D eigenvalue weighted by molar-refractivity contribution is 5.74. The molecule has 4 heteroatoms. The fraction of sp³-hybridized carbons (Fsp3) is 0.909. The number of hydrogen-bond donors (Lipinski definition) is 0. The molecule has 2 heterocycles. The number of piperidine rings is 1. The van der Waals surface area contributed by atoms with Gasteiger partial charge in [-0.1, -0.05) is 0 Å². The van der Waals surface area contributed by atoms with E-state index in [9.17, 15) is 4.79 Å². The Labute approximate surface area is 91.2 Å². The lowest BCUT2D eigenvalue weighted by Gasteiger charge is -2.32. The van der Waals surface area contributed by atoms with Gasteiger partial charge in [0.1, 0.15) is 0 Å². The van der Waals surface area contributed by atoms with E-state index in [1.165, 1.54) is 6.42 Å². The number of carbonyl (C=O) groups is 1. The normalized spacial score (nSPS) is 23.7. The standard InChI is InChI=1S/C11H20N2O2/c14-11(12-5-2-1-3-6-12)13-7-4-9-15-10-8-13/h1-10H2. The van der Waals surface area contributed by atoms with Crippen LogP contribution in [0.3, 0.4) is 0 Å². The summed E-state index contributed by atoms with van der Waals surface area (Å²) in [5.74, 6) is 0. The summed E-state index contributed by atoms with van der Waals surface area (Å²) in [5, 5.41) is 0. The minimum Gasteiger partial charge on any atom is -0.380 e. The van der Waals surface area contributed by atoms with Gasteiger partial charge in [0.05, 0.1) is 6.61 Å². The highest BCUT2D eigenvalue weighted by Crippen LogP contribution is 2.12. The van der Waals surface area contributed by atoms with Crippen LogP contribution in [0.15, 0.2) is 0 Å². The first kappa shape index (κ1) is 10.7. The van der Waals surface area contributed by atoms with Gasteiger partial charge >= 0.3 is 6.03 Å². The molecule has 0 bridgehead atoms. The topological polar surface area (TPSA) is 32.8 Å². The van der Waals surface area contributed by atoms with Crippen molar-refractivity contribution in [3.05, 3.63) is 0 Å². The lowest BCUT2D eigenvalue weighted by Crippen LogP contribution is -2.46. The van der Waals surface area contributed by atoms with Gasteiger partial charge in [-0.05, 0) is 25.7 Å². The predicted octanol–water partition coefficient (Wildman–Crippen LogP) is 1.31. The maximum atomic E-state index is 12.1. The van der Waals surface area contributed by atoms with Crippen LogP contribution in [0.25, 0.3) is 0 Å². The first-order valence-corrected chi connectivity index (χ1v) is 5.99. The Bertz CT molecular complexity index is 207. The average Bonchev–Trinajstić information content (AvgIpc) is 2.58. The summed E-state index contributed by atoms with van der Waals surface area (Å²) in [6.45, 7) is 4.99. The smallest absolute Gasteiger partial charge is 0.320 e. The third-order valence-corrected chi connectivity index (χ3v) is 3.12. The van der Waals surface area contributed by atoms with Crippen LogP contribution >= 0.6 is 0 Å². The van der Waals surface area contributed by atoms with Crippen molar-refractivity contribution in [1.29, 1.82) is 0 Å². The van der Waals surface area contributed by atoms with Gasteiger partial charge in [0, 0.05) is 32.8 Å². The van der Waals surface area contributed by atoms with Gasteiger partial charge in [-0.25, -0.2) is 4.79 Å². The summed E-state index contributed by atoms with van der Waals surface area (Å²) >= 11 is 0. The van der Waals surface area contributed by atoms with E-state index < -0.39 is 0 Å². The van der Waals surface area contributed by atoms with Gasteiger partial charge in [0.2, 0.25) is 0 Å². The molecule has 2 rings (SSSR count). The Morgan fingerprint density at radius 3 is 2.27 bits per heavy atom. The van der Waals surface area contributed by atoms with Crippen LogP contribution in [0.2, 0.25) is 0 Å². The Morgan fingerprint density at radius 2 is 1.47 bits per heavy atom. The number of ether oxygens (including phenoxy) is 1. The van der Waals surface area contributed by atoms with Crippen molar-refractivity contribution in [3.8, 4) is 0 Å². The van der Waals surface area contributed by atoms with Crippen LogP contribution in [-0.2, 0) is 4.74 Å². The van der Waals surface area contributed by atoms with Gasteiger partial charge in [-0.15, -0.1) is 0 Å². The summed E-state index contributed by atoms with van der Waals surface area (Å²) in [6.07, 6.45) is 4.57. The number of likely N-dealkylation sites (tertiary alicyclic amines) is 1. The number of rotatable bonds is 0. The second kappa shape index (κ2) is 5.35. The molecule has 86 valence electrons. The Kier molecular flexibility index (Phi) is 3.83. The van der Waals surface area contributed by atoms with Gasteiger partial charge in [-0.3, -0.25) is 0 Å². The molecule has 0 aromatic heterocycles. The molecule has 0 spiro atoms. The molecule has 15 heavy (non-hydrogen) atoms. The minimum absolute atomic E-state index is 0.222. The first-order chi connectivity index (χ1) is 7.38. The van der Waals surface area contributed by atoms with E-state index in [0.717, 1.165) is 52.0 Å². The summed E-state index contributed by atoms with van der Waals surface area (Å²) in [5.41, 5.74) is 0. The van der Waals surface area contributed by atoms with Gasteiger partial charge in [0.15, 0.2) is 0 Å². The van der Waals surface area contributed by atoms with Crippen molar-refractivity contribution in [3.63, 3.8) is 0 Å². The number of carbonyl (C=O) groups excluding carboxylic acids is 1. The van der Waals surface area contributed by atoms with Crippen molar-refractivity contribution in [1.82, 2.24) is 9.80 Å². The summed E-state index contributed by atoms with van der Waals surface area (Å²) in [7, 11) is 0. The largest absolute Gasteiger partial charge is 0.380 e. The number of nitrogens with zero attached hydrogens (tertiary/aromatic N) is 2. The zero-order chi connectivity index (χ0) is 10.5. The molecule has 2 aliphatic rings. The van der Waals surface area contributed by atoms with Crippen LogP contribution < -0.4 is 0 Å². The Balaban J connectivity index is 1.87. The molecule has 0 unspecified atom stereocenters. The molecule has 2 saturated heterocycles. The van der Waals surface area contributed by atoms with Crippen LogP contribution in [0, 0.1) is 0 Å². The second-order valence-corrected chi connectivity index (χ2v) is 4.28. The van der Waals surface area contributed by atoms with Crippen molar-refractivity contribution in [2.45, 2.75) is 25.7 Å². The third kappa shape index (κ3) is 2.84. The van der Waals surface area contributed by atoms with E-state index in [1.807, 2.05) is 9.80 Å². The first-order valence-electron chi connectivity index (χ1n) is 5.99. The van der Waals surface area contributed by atoms with E-state index in [4.69, 9.17) is 4.74 Å². The quantitative estimate of drug-likeness (QED) is 0.606. The van der Waals surface area contributed by atoms with Crippen molar-refractivity contribution < 1.29 is 9.53 Å². The molecule has 2 fully saturated rings. The zero-order valence-electron chi connectivity index (χ0n) is 9.28. The number of amides is 2. The molecule has 2 aliphatic heterocycles. The van der Waals surface area contributed by atoms with Crippen molar-refractivity contribution in [2.24, 2.45) is 0 Å². The zero-order valence-corrected chi connectivity index (χ0v) is 9.28. The third-order valence-electron chi connectivity index (χ3n) is 3.12. The van der Waals surface area contributed by atoms with Gasteiger partial charge < -0.3 is 14.5 Å². The van der Waals surface area contributed by atoms with Crippen LogP contribution in [-0.4, -0.2) is 55.2 Å². The fourth-order valence-corrected chi connectivity index (χ4v) is 2.22. The van der Waals surface area contributed by atoms with E-state index in [2.05, 4.69) is 0 Å². The molecule has 0 radical (unpaired) electrons. The van der Waals surface area contributed by atoms with E-state index in [-0.39, 0.29) is 6.03 Å². The molecule has 0 aromatic carbocycles. The second-order valence-electron chi connectivity index (χ2n) is 4.28. The average molecular weight is 212 g/mol. The molecule has 0 aliphatic carbocycles. The summed E-state index contributed by atoms with van der Waals surface area (Å²) in [4.78, 5) is 16.0. The molecule has 0 saturated carbocycles. The summed E-state index contributed by atoms with van der Waals surface area (Å²) < 4.78 is 5.35.